The molecule has 1 aromatic rings. The summed E-state index contributed by atoms with van der Waals surface area (Å²) >= 11 is 0. The van der Waals surface area contributed by atoms with Gasteiger partial charge in [0.1, 0.15) is 5.71 Å². The first-order valence-electron chi connectivity index (χ1n) is 3.13. The summed E-state index contributed by atoms with van der Waals surface area (Å²) in [6.07, 6.45) is 4.27. The molecule has 0 aliphatic carbocycles. The lowest BCUT2D eigenvalue weighted by molar-refractivity contribution is 0.318. The maximum Gasteiger partial charge on any atom is 0.107 e. The Morgan fingerprint density at radius 1 is 1.70 bits per heavy atom. The number of hydrogen-bond acceptors (Lipinski definition) is 3. The van der Waals surface area contributed by atoms with Gasteiger partial charge >= 0.3 is 0 Å². The first-order chi connectivity index (χ1) is 4.92. The third-order valence-corrected chi connectivity index (χ3v) is 1.72. The Labute approximate surface area is 57.8 Å². The van der Waals surface area contributed by atoms with Gasteiger partial charge in [-0.15, -0.1) is 0 Å². The molecule has 0 saturated carbocycles. The summed E-state index contributed by atoms with van der Waals surface area (Å²) in [6.45, 7) is 0.884. The summed E-state index contributed by atoms with van der Waals surface area (Å²) in [5, 5.41) is 11.6. The zero-order valence-electron chi connectivity index (χ0n) is 5.36. The van der Waals surface area contributed by atoms with Crippen molar-refractivity contribution >= 4 is 5.71 Å². The monoisotopic (exact) mass is 137 g/mol. The highest BCUT2D eigenvalue weighted by Gasteiger charge is 2.16. The fourth-order valence-corrected chi connectivity index (χ4v) is 1.19. The second kappa shape index (κ2) is 1.83. The summed E-state index contributed by atoms with van der Waals surface area (Å²) in [6, 6.07) is 0. The fourth-order valence-electron chi connectivity index (χ4n) is 1.19. The molecule has 0 unspecified atom stereocenters. The molecule has 0 bridgehead atoms. The van der Waals surface area contributed by atoms with E-state index in [0.29, 0.717) is 0 Å². The SMILES string of the molecule is ON=C1CCn2cncc21. The van der Waals surface area contributed by atoms with Crippen LogP contribution in [0.25, 0.3) is 0 Å². The Morgan fingerprint density at radius 3 is 3.40 bits per heavy atom. The molecule has 0 saturated heterocycles. The molecule has 52 valence electrons. The summed E-state index contributed by atoms with van der Waals surface area (Å²) in [7, 11) is 0. The van der Waals surface area contributed by atoms with Crippen LogP contribution in [0.3, 0.4) is 0 Å². The van der Waals surface area contributed by atoms with E-state index in [9.17, 15) is 0 Å². The predicted molar refractivity (Wildman–Crippen MR) is 35.2 cm³/mol. The van der Waals surface area contributed by atoms with E-state index in [4.69, 9.17) is 5.21 Å². The minimum absolute atomic E-state index is 0.734. The Hall–Kier alpha value is -1.32. The van der Waals surface area contributed by atoms with Gasteiger partial charge in [-0.05, 0) is 0 Å². The number of rotatable bonds is 0. The molecule has 0 spiro atoms. The first-order valence-corrected chi connectivity index (χ1v) is 3.13. The molecule has 1 aliphatic rings. The predicted octanol–water partition coefficient (Wildman–Crippen LogP) is 0.465. The van der Waals surface area contributed by atoms with E-state index < -0.39 is 0 Å². The van der Waals surface area contributed by atoms with Crippen LogP contribution in [0.2, 0.25) is 0 Å². The minimum atomic E-state index is 0.734. The second-order valence-electron chi connectivity index (χ2n) is 2.27. The van der Waals surface area contributed by atoms with Crippen molar-refractivity contribution in [3.8, 4) is 0 Å². The molecule has 4 heteroatoms. The maximum absolute atomic E-state index is 8.48. The van der Waals surface area contributed by atoms with Gasteiger partial charge in [0.2, 0.25) is 0 Å². The van der Waals surface area contributed by atoms with Gasteiger partial charge in [0.25, 0.3) is 0 Å². The van der Waals surface area contributed by atoms with Crippen molar-refractivity contribution in [1.82, 2.24) is 9.55 Å². The van der Waals surface area contributed by atoms with Gasteiger partial charge < -0.3 is 9.77 Å². The van der Waals surface area contributed by atoms with E-state index in [0.717, 1.165) is 24.4 Å². The van der Waals surface area contributed by atoms with Gasteiger partial charge in [-0.25, -0.2) is 4.98 Å². The van der Waals surface area contributed by atoms with E-state index in [-0.39, 0.29) is 0 Å². The number of hydrogen-bond donors (Lipinski definition) is 1. The van der Waals surface area contributed by atoms with Crippen LogP contribution in [0.15, 0.2) is 17.7 Å². The summed E-state index contributed by atoms with van der Waals surface area (Å²) < 4.78 is 1.97. The van der Waals surface area contributed by atoms with Crippen LogP contribution >= 0.6 is 0 Å². The van der Waals surface area contributed by atoms with Crippen molar-refractivity contribution in [2.45, 2.75) is 13.0 Å². The highest BCUT2D eigenvalue weighted by molar-refractivity contribution is 6.00. The van der Waals surface area contributed by atoms with E-state index in [1.54, 1.807) is 12.5 Å². The molecule has 1 aliphatic heterocycles. The number of oxime groups is 1. The van der Waals surface area contributed by atoms with Crippen molar-refractivity contribution in [2.24, 2.45) is 5.16 Å². The molecule has 1 N–H and O–H groups in total. The van der Waals surface area contributed by atoms with Crippen LogP contribution in [0.4, 0.5) is 0 Å². The average molecular weight is 137 g/mol. The van der Waals surface area contributed by atoms with Crippen LogP contribution in [0.5, 0.6) is 0 Å². The van der Waals surface area contributed by atoms with Gasteiger partial charge in [0.15, 0.2) is 0 Å². The highest BCUT2D eigenvalue weighted by Crippen LogP contribution is 2.13. The molecule has 0 amide bonds. The van der Waals surface area contributed by atoms with Gasteiger partial charge in [0, 0.05) is 13.0 Å². The van der Waals surface area contributed by atoms with E-state index >= 15 is 0 Å². The van der Waals surface area contributed by atoms with Gasteiger partial charge in [-0.2, -0.15) is 0 Å². The molecule has 2 heterocycles. The number of nitrogens with zero attached hydrogens (tertiary/aromatic N) is 3. The standard InChI is InChI=1S/C6H7N3O/c10-8-5-1-2-9-4-7-3-6(5)9/h3-4,10H,1-2H2. The molecule has 0 atom stereocenters. The number of aryl methyl sites for hydroxylation is 1. The molecule has 0 radical (unpaired) electrons. The minimum Gasteiger partial charge on any atom is -0.411 e. The first kappa shape index (κ1) is 5.46. The van der Waals surface area contributed by atoms with Crippen molar-refractivity contribution in [1.29, 1.82) is 0 Å². The molecule has 4 nitrogen and oxygen atoms in total. The molecule has 2 rings (SSSR count). The molecule has 1 aromatic heterocycles. The topological polar surface area (TPSA) is 50.4 Å². The third kappa shape index (κ3) is 0.556. The Morgan fingerprint density at radius 2 is 2.60 bits per heavy atom. The highest BCUT2D eigenvalue weighted by atomic mass is 16.4. The summed E-state index contributed by atoms with van der Waals surface area (Å²) in [5.74, 6) is 0. The molecular weight excluding hydrogens is 130 g/mol. The zero-order valence-corrected chi connectivity index (χ0v) is 5.36. The normalized spacial score (nSPS) is 19.8. The van der Waals surface area contributed by atoms with E-state index in [2.05, 4.69) is 10.1 Å². The lowest BCUT2D eigenvalue weighted by Crippen LogP contribution is -1.92. The lowest BCUT2D eigenvalue weighted by atomic mass is 10.3. The zero-order chi connectivity index (χ0) is 6.97. The molecular formula is C6H7N3O. The lowest BCUT2D eigenvalue weighted by Gasteiger charge is -1.88. The van der Waals surface area contributed by atoms with Crippen LogP contribution in [0.1, 0.15) is 12.1 Å². The smallest absolute Gasteiger partial charge is 0.107 e. The molecule has 0 fully saturated rings. The number of aromatic nitrogens is 2. The van der Waals surface area contributed by atoms with Gasteiger partial charge in [-0.3, -0.25) is 0 Å². The summed E-state index contributed by atoms with van der Waals surface area (Å²) in [5.41, 5.74) is 1.67. The van der Waals surface area contributed by atoms with Crippen LogP contribution in [-0.4, -0.2) is 20.5 Å². The third-order valence-electron chi connectivity index (χ3n) is 1.72. The second-order valence-corrected chi connectivity index (χ2v) is 2.27. The fraction of sp³-hybridized carbons (Fsp3) is 0.333. The van der Waals surface area contributed by atoms with Crippen LogP contribution in [-0.2, 0) is 6.54 Å². The summed E-state index contributed by atoms with van der Waals surface area (Å²) in [4.78, 5) is 3.91. The molecule has 10 heavy (non-hydrogen) atoms. The van der Waals surface area contributed by atoms with Crippen molar-refractivity contribution in [3.05, 3.63) is 18.2 Å². The van der Waals surface area contributed by atoms with Gasteiger partial charge in [0.05, 0.1) is 18.2 Å². The van der Waals surface area contributed by atoms with Crippen molar-refractivity contribution < 1.29 is 5.21 Å². The largest absolute Gasteiger partial charge is 0.411 e. The number of imidazole rings is 1. The van der Waals surface area contributed by atoms with Crippen LogP contribution < -0.4 is 0 Å². The maximum atomic E-state index is 8.48. The van der Waals surface area contributed by atoms with Crippen molar-refractivity contribution in [2.75, 3.05) is 0 Å². The van der Waals surface area contributed by atoms with Gasteiger partial charge in [-0.1, -0.05) is 5.16 Å². The average Bonchev–Trinajstić information content (AvgIpc) is 2.44. The Balaban J connectivity index is 2.53. The van der Waals surface area contributed by atoms with E-state index in [1.165, 1.54) is 0 Å². The quantitative estimate of drug-likeness (QED) is 0.417. The Kier molecular flexibility index (Phi) is 1.00. The molecule has 0 aromatic carbocycles. The number of fused-ring (bicyclic) bond motifs is 1. The van der Waals surface area contributed by atoms with E-state index in [1.807, 2.05) is 4.57 Å². The Bertz CT molecular complexity index is 276. The van der Waals surface area contributed by atoms with Crippen LogP contribution in [0, 0.1) is 0 Å². The van der Waals surface area contributed by atoms with Crippen molar-refractivity contribution in [3.63, 3.8) is 0 Å².